The van der Waals surface area contributed by atoms with Gasteiger partial charge in [0.15, 0.2) is 5.69 Å². The molecule has 2 heterocycles. The highest BCUT2D eigenvalue weighted by Crippen LogP contribution is 2.21. The molecule has 9 nitrogen and oxygen atoms in total. The Balaban J connectivity index is 1.61. The van der Waals surface area contributed by atoms with Crippen molar-refractivity contribution in [3.63, 3.8) is 0 Å². The molecule has 0 aliphatic heterocycles. The summed E-state index contributed by atoms with van der Waals surface area (Å²) in [5.74, 6) is 0.166. The number of nitrogens with one attached hydrogen (secondary N) is 2. The molecule has 0 unspecified atom stereocenters. The van der Waals surface area contributed by atoms with Crippen LogP contribution in [0.25, 0.3) is 5.69 Å². The van der Waals surface area contributed by atoms with Crippen molar-refractivity contribution in [1.82, 2.24) is 30.6 Å². The molecular weight excluding hydrogens is 396 g/mol. The second-order valence-corrected chi connectivity index (χ2v) is 7.37. The minimum atomic E-state index is -0.270. The van der Waals surface area contributed by atoms with E-state index < -0.39 is 0 Å². The molecule has 2 amide bonds. The summed E-state index contributed by atoms with van der Waals surface area (Å²) in [7, 11) is 0. The molecule has 2 N–H and O–H groups in total. The third-order valence-corrected chi connectivity index (χ3v) is 4.86. The van der Waals surface area contributed by atoms with Gasteiger partial charge in [0.25, 0.3) is 11.8 Å². The molecular formula is C22H24N6O3. The highest BCUT2D eigenvalue weighted by Gasteiger charge is 2.28. The first kappa shape index (κ1) is 20.5. The molecule has 1 fully saturated rings. The van der Waals surface area contributed by atoms with E-state index in [1.807, 2.05) is 26.0 Å². The number of carbonyl (C=O) groups excluding carboxylic acids is 2. The fraction of sp³-hybridized carbons (Fsp3) is 0.318. The molecule has 2 aromatic heterocycles. The summed E-state index contributed by atoms with van der Waals surface area (Å²) in [4.78, 5) is 28.9. The van der Waals surface area contributed by atoms with Crippen LogP contribution in [0.1, 0.15) is 52.0 Å². The molecule has 31 heavy (non-hydrogen) atoms. The monoisotopic (exact) mass is 420 g/mol. The zero-order valence-electron chi connectivity index (χ0n) is 17.5. The van der Waals surface area contributed by atoms with E-state index in [1.165, 1.54) is 0 Å². The summed E-state index contributed by atoms with van der Waals surface area (Å²) in [5.41, 5.74) is 2.84. The van der Waals surface area contributed by atoms with Crippen molar-refractivity contribution in [3.8, 4) is 11.4 Å². The van der Waals surface area contributed by atoms with Gasteiger partial charge in [0.05, 0.1) is 11.9 Å². The van der Waals surface area contributed by atoms with Crippen LogP contribution in [-0.2, 0) is 6.61 Å². The van der Waals surface area contributed by atoms with Crippen LogP contribution in [0.2, 0.25) is 0 Å². The minimum absolute atomic E-state index is 0.0865. The van der Waals surface area contributed by atoms with Gasteiger partial charge in [-0.15, -0.1) is 5.10 Å². The maximum absolute atomic E-state index is 12.7. The van der Waals surface area contributed by atoms with Crippen LogP contribution in [0.15, 0.2) is 42.6 Å². The molecule has 1 aromatic carbocycles. The number of aryl methyl sites for hydroxylation is 1. The van der Waals surface area contributed by atoms with Crippen molar-refractivity contribution in [2.45, 2.75) is 39.3 Å². The Bertz CT molecular complexity index is 1070. The lowest BCUT2D eigenvalue weighted by Crippen LogP contribution is -2.27. The average Bonchev–Trinajstić information content (AvgIpc) is 3.49. The van der Waals surface area contributed by atoms with E-state index in [2.05, 4.69) is 25.9 Å². The van der Waals surface area contributed by atoms with E-state index in [1.54, 1.807) is 35.1 Å². The Morgan fingerprint density at radius 3 is 2.55 bits per heavy atom. The van der Waals surface area contributed by atoms with Gasteiger partial charge in [-0.1, -0.05) is 5.21 Å². The van der Waals surface area contributed by atoms with Gasteiger partial charge in [0, 0.05) is 23.8 Å². The Morgan fingerprint density at radius 1 is 1.13 bits per heavy atom. The maximum atomic E-state index is 12.7. The quantitative estimate of drug-likeness (QED) is 0.578. The number of benzene rings is 1. The van der Waals surface area contributed by atoms with E-state index >= 15 is 0 Å². The standard InChI is InChI=1S/C22H24N6O3/c1-3-23-21(29)15-5-9-17(10-6-15)28-19(13-31-18-11-4-14(2)24-12-18)20(26-27-28)22(30)25-16-7-8-16/h4-6,9-12,16H,3,7-8,13H2,1-2H3,(H,23,29)(H,25,30). The minimum Gasteiger partial charge on any atom is -0.486 e. The molecule has 9 heteroatoms. The summed E-state index contributed by atoms with van der Waals surface area (Å²) in [6, 6.07) is 10.8. The number of carbonyl (C=O) groups is 2. The van der Waals surface area contributed by atoms with Gasteiger partial charge in [0.1, 0.15) is 18.1 Å². The number of aromatic nitrogens is 4. The first-order chi connectivity index (χ1) is 15.0. The van der Waals surface area contributed by atoms with Gasteiger partial charge in [0.2, 0.25) is 0 Å². The van der Waals surface area contributed by atoms with Crippen LogP contribution in [0.3, 0.4) is 0 Å². The number of ether oxygens (including phenoxy) is 1. The van der Waals surface area contributed by atoms with Crippen molar-refractivity contribution in [1.29, 1.82) is 0 Å². The van der Waals surface area contributed by atoms with Gasteiger partial charge in [-0.25, -0.2) is 4.68 Å². The Morgan fingerprint density at radius 2 is 1.90 bits per heavy atom. The Labute approximate surface area is 179 Å². The highest BCUT2D eigenvalue weighted by atomic mass is 16.5. The fourth-order valence-electron chi connectivity index (χ4n) is 3.00. The van der Waals surface area contributed by atoms with Crippen LogP contribution < -0.4 is 15.4 Å². The van der Waals surface area contributed by atoms with Crippen molar-refractivity contribution in [3.05, 3.63) is 65.2 Å². The molecule has 0 atom stereocenters. The summed E-state index contributed by atoms with van der Waals surface area (Å²) in [5, 5.41) is 14.0. The van der Waals surface area contributed by atoms with Crippen molar-refractivity contribution in [2.24, 2.45) is 0 Å². The van der Waals surface area contributed by atoms with Crippen molar-refractivity contribution in [2.75, 3.05) is 6.54 Å². The summed E-state index contributed by atoms with van der Waals surface area (Å²) >= 11 is 0. The van der Waals surface area contributed by atoms with Gasteiger partial charge in [-0.2, -0.15) is 0 Å². The molecule has 0 saturated heterocycles. The molecule has 1 saturated carbocycles. The highest BCUT2D eigenvalue weighted by molar-refractivity contribution is 5.94. The van der Waals surface area contributed by atoms with Crippen molar-refractivity contribution >= 4 is 11.8 Å². The number of hydrogen-bond donors (Lipinski definition) is 2. The molecule has 160 valence electrons. The maximum Gasteiger partial charge on any atom is 0.274 e. The van der Waals surface area contributed by atoms with E-state index in [9.17, 15) is 9.59 Å². The van der Waals surface area contributed by atoms with Crippen LogP contribution in [0, 0.1) is 6.92 Å². The van der Waals surface area contributed by atoms with Gasteiger partial charge < -0.3 is 15.4 Å². The number of hydrogen-bond acceptors (Lipinski definition) is 6. The topological polar surface area (TPSA) is 111 Å². The van der Waals surface area contributed by atoms with Crippen molar-refractivity contribution < 1.29 is 14.3 Å². The zero-order chi connectivity index (χ0) is 21.8. The predicted molar refractivity (Wildman–Crippen MR) is 113 cm³/mol. The molecule has 0 radical (unpaired) electrons. The predicted octanol–water partition coefficient (Wildman–Crippen LogP) is 2.19. The summed E-state index contributed by atoms with van der Waals surface area (Å²) in [6.07, 6.45) is 3.58. The third-order valence-electron chi connectivity index (χ3n) is 4.86. The smallest absolute Gasteiger partial charge is 0.274 e. The number of pyridine rings is 1. The van der Waals surface area contributed by atoms with E-state index in [0.29, 0.717) is 29.2 Å². The van der Waals surface area contributed by atoms with E-state index in [0.717, 1.165) is 18.5 Å². The molecule has 0 bridgehead atoms. The first-order valence-electron chi connectivity index (χ1n) is 10.2. The van der Waals surface area contributed by atoms with Crippen LogP contribution >= 0.6 is 0 Å². The van der Waals surface area contributed by atoms with Crippen LogP contribution in [0.4, 0.5) is 0 Å². The normalized spacial score (nSPS) is 13.0. The van der Waals surface area contributed by atoms with E-state index in [4.69, 9.17) is 4.74 Å². The molecule has 3 aromatic rings. The summed E-state index contributed by atoms with van der Waals surface area (Å²) in [6.45, 7) is 4.40. The second-order valence-electron chi connectivity index (χ2n) is 7.37. The van der Waals surface area contributed by atoms with E-state index in [-0.39, 0.29) is 30.2 Å². The lowest BCUT2D eigenvalue weighted by Gasteiger charge is -2.11. The van der Waals surface area contributed by atoms with Crippen LogP contribution in [0.5, 0.6) is 5.75 Å². The van der Waals surface area contributed by atoms with Crippen LogP contribution in [-0.4, -0.2) is 44.4 Å². The largest absolute Gasteiger partial charge is 0.486 e. The third kappa shape index (κ3) is 4.88. The number of amides is 2. The SMILES string of the molecule is CCNC(=O)c1ccc(-n2nnc(C(=O)NC3CC3)c2COc2ccc(C)nc2)cc1. The molecule has 1 aliphatic rings. The molecule has 4 rings (SSSR count). The molecule has 0 spiro atoms. The number of nitrogens with zero attached hydrogens (tertiary/aromatic N) is 4. The number of rotatable bonds is 8. The van der Waals surface area contributed by atoms with Gasteiger partial charge in [-0.05, 0) is 63.1 Å². The summed E-state index contributed by atoms with van der Waals surface area (Å²) < 4.78 is 7.43. The lowest BCUT2D eigenvalue weighted by atomic mass is 10.2. The van der Waals surface area contributed by atoms with Gasteiger partial charge >= 0.3 is 0 Å². The lowest BCUT2D eigenvalue weighted by molar-refractivity contribution is 0.0939. The average molecular weight is 420 g/mol. The first-order valence-corrected chi connectivity index (χ1v) is 10.2. The molecule has 1 aliphatic carbocycles. The van der Waals surface area contributed by atoms with Gasteiger partial charge in [-0.3, -0.25) is 14.6 Å². The second kappa shape index (κ2) is 8.95. The fourth-order valence-corrected chi connectivity index (χ4v) is 3.00. The Hall–Kier alpha value is -3.75. The Kier molecular flexibility index (Phi) is 5.92. The zero-order valence-corrected chi connectivity index (χ0v) is 17.5.